The number of Topliss-reactive ketones (excluding diaryl/α,β-unsaturated/α-hetero) is 2. The molecule has 1 saturated heterocycles. The second-order valence-corrected chi connectivity index (χ2v) is 8.32. The summed E-state index contributed by atoms with van der Waals surface area (Å²) in [5, 5.41) is 12.9. The molecule has 1 aliphatic rings. The summed E-state index contributed by atoms with van der Waals surface area (Å²) in [4.78, 5) is 38.8. The van der Waals surface area contributed by atoms with E-state index in [9.17, 15) is 14.9 Å². The molecule has 4 rings (SSSR count). The zero-order valence-electron chi connectivity index (χ0n) is 19.3. The van der Waals surface area contributed by atoms with Crippen LogP contribution in [0.2, 0.25) is 0 Å². The molecule has 3 heterocycles. The summed E-state index contributed by atoms with van der Waals surface area (Å²) in [6.07, 6.45) is 5.85. The van der Waals surface area contributed by atoms with Crippen LogP contribution < -0.4 is 10.2 Å². The van der Waals surface area contributed by atoms with Crippen molar-refractivity contribution in [3.05, 3.63) is 60.0 Å². The smallest absolute Gasteiger partial charge is 0.227 e. The third-order valence-electron chi connectivity index (χ3n) is 5.86. The zero-order chi connectivity index (χ0) is 24.1. The number of benzene rings is 1. The van der Waals surface area contributed by atoms with Crippen LogP contribution in [0.25, 0.3) is 11.3 Å². The number of hydrogen-bond acceptors (Lipinski definition) is 8. The van der Waals surface area contributed by atoms with Gasteiger partial charge in [0.1, 0.15) is 11.9 Å². The number of rotatable bonds is 8. The van der Waals surface area contributed by atoms with Crippen LogP contribution >= 0.6 is 0 Å². The molecule has 1 aromatic carbocycles. The number of pyridine rings is 1. The van der Waals surface area contributed by atoms with Gasteiger partial charge >= 0.3 is 0 Å². The number of nitrogens with zero attached hydrogens (tertiary/aromatic N) is 5. The van der Waals surface area contributed by atoms with Crippen molar-refractivity contribution in [1.29, 1.82) is 5.26 Å². The fourth-order valence-corrected chi connectivity index (χ4v) is 4.23. The Morgan fingerprint density at radius 2 is 2.06 bits per heavy atom. The number of nitriles is 1. The fourth-order valence-electron chi connectivity index (χ4n) is 4.23. The van der Waals surface area contributed by atoms with Crippen LogP contribution in [-0.2, 0) is 16.0 Å². The Bertz CT molecular complexity index is 1250. The van der Waals surface area contributed by atoms with Gasteiger partial charge in [0.05, 0.1) is 34.9 Å². The van der Waals surface area contributed by atoms with E-state index in [1.165, 1.54) is 6.92 Å². The highest BCUT2D eigenvalue weighted by atomic mass is 16.1. The minimum absolute atomic E-state index is 0.0595. The van der Waals surface area contributed by atoms with Crippen LogP contribution in [-0.4, -0.2) is 39.1 Å². The molecule has 0 spiro atoms. The number of carbonyl (C=O) groups is 2. The average molecular weight is 455 g/mol. The van der Waals surface area contributed by atoms with Crippen LogP contribution in [0.15, 0.2) is 48.8 Å². The highest BCUT2D eigenvalue weighted by Crippen LogP contribution is 2.32. The highest BCUT2D eigenvalue weighted by molar-refractivity contribution is 5.88. The van der Waals surface area contributed by atoms with Gasteiger partial charge in [-0.3, -0.25) is 14.6 Å². The minimum atomic E-state index is -0.159. The van der Waals surface area contributed by atoms with Gasteiger partial charge in [0.2, 0.25) is 5.95 Å². The molecule has 0 bridgehead atoms. The van der Waals surface area contributed by atoms with Crippen molar-refractivity contribution in [3.8, 4) is 17.3 Å². The number of hydrogen-bond donors (Lipinski definition) is 1. The Balaban J connectivity index is 1.56. The lowest BCUT2D eigenvalue weighted by Crippen LogP contribution is -2.36. The summed E-state index contributed by atoms with van der Waals surface area (Å²) >= 11 is 0. The van der Waals surface area contributed by atoms with Crippen LogP contribution in [0.1, 0.15) is 44.4 Å². The molecule has 3 aromatic rings. The first-order chi connectivity index (χ1) is 16.5. The summed E-state index contributed by atoms with van der Waals surface area (Å²) in [5.74, 6) is 0.666. The molecule has 1 fully saturated rings. The molecule has 34 heavy (non-hydrogen) atoms. The normalized spacial score (nSPS) is 15.1. The Hall–Kier alpha value is -4.12. The van der Waals surface area contributed by atoms with Gasteiger partial charge in [-0.2, -0.15) is 5.26 Å². The molecule has 2 aromatic heterocycles. The van der Waals surface area contributed by atoms with E-state index in [-0.39, 0.29) is 17.6 Å². The Morgan fingerprint density at radius 1 is 1.21 bits per heavy atom. The van der Waals surface area contributed by atoms with Gasteiger partial charge in [-0.05, 0) is 50.1 Å². The second kappa shape index (κ2) is 10.2. The average Bonchev–Trinajstić information content (AvgIpc) is 3.34. The van der Waals surface area contributed by atoms with E-state index in [0.717, 1.165) is 30.6 Å². The van der Waals surface area contributed by atoms with Crippen LogP contribution in [0, 0.1) is 11.3 Å². The van der Waals surface area contributed by atoms with Gasteiger partial charge in [-0.15, -0.1) is 0 Å². The quantitative estimate of drug-likeness (QED) is 0.538. The summed E-state index contributed by atoms with van der Waals surface area (Å²) in [6.45, 7) is 4.18. The summed E-state index contributed by atoms with van der Waals surface area (Å²) in [5.41, 5.74) is 4.19. The molecule has 8 heteroatoms. The highest BCUT2D eigenvalue weighted by Gasteiger charge is 2.31. The van der Waals surface area contributed by atoms with Gasteiger partial charge in [0.25, 0.3) is 0 Å². The van der Waals surface area contributed by atoms with Gasteiger partial charge in [-0.25, -0.2) is 9.97 Å². The lowest BCUT2D eigenvalue weighted by molar-refractivity contribution is -0.120. The maximum absolute atomic E-state index is 12.4. The van der Waals surface area contributed by atoms with Gasteiger partial charge in [0.15, 0.2) is 5.78 Å². The van der Waals surface area contributed by atoms with Crippen molar-refractivity contribution in [2.24, 2.45) is 0 Å². The first-order valence-corrected chi connectivity index (χ1v) is 11.4. The van der Waals surface area contributed by atoms with Crippen molar-refractivity contribution < 1.29 is 9.59 Å². The SMILES string of the molecule is CCC(=O)[C@H]1CCCN1c1ccc(-c2ccnc(Nc3ccc(CC(C)=O)nc3)n2)cc1C#N. The van der Waals surface area contributed by atoms with Crippen LogP contribution in [0.5, 0.6) is 0 Å². The van der Waals surface area contributed by atoms with E-state index >= 15 is 0 Å². The molecule has 0 amide bonds. The molecular formula is C26H26N6O2. The molecule has 0 radical (unpaired) electrons. The van der Waals surface area contributed by atoms with E-state index in [4.69, 9.17) is 0 Å². The molecule has 1 N–H and O–H groups in total. The molecule has 1 aliphatic heterocycles. The predicted octanol–water partition coefficient (Wildman–Crippen LogP) is 4.23. The molecule has 0 saturated carbocycles. The first kappa shape index (κ1) is 23.1. The lowest BCUT2D eigenvalue weighted by atomic mass is 10.0. The van der Waals surface area contributed by atoms with Crippen LogP contribution in [0.4, 0.5) is 17.3 Å². The maximum atomic E-state index is 12.4. The second-order valence-electron chi connectivity index (χ2n) is 8.32. The molecule has 8 nitrogen and oxygen atoms in total. The monoisotopic (exact) mass is 454 g/mol. The van der Waals surface area contributed by atoms with Gasteiger partial charge in [0, 0.05) is 36.8 Å². The fraction of sp³-hybridized carbons (Fsp3) is 0.308. The number of anilines is 3. The summed E-state index contributed by atoms with van der Waals surface area (Å²) in [6, 6.07) is 13.2. The standard InChI is InChI=1S/C26H26N6O2/c1-3-25(34)24-5-4-12-32(24)23-9-6-18(14-19(23)15-27)22-10-11-28-26(31-22)30-21-8-7-20(29-16-21)13-17(2)33/h6-11,14,16,24H,3-5,12-13H2,1-2H3,(H,28,30,31)/t24-/m1/s1. The van der Waals surface area contributed by atoms with Crippen molar-refractivity contribution in [2.75, 3.05) is 16.8 Å². The minimum Gasteiger partial charge on any atom is -0.360 e. The van der Waals surface area contributed by atoms with E-state index < -0.39 is 0 Å². The number of ketones is 2. The third kappa shape index (κ3) is 5.09. The van der Waals surface area contributed by atoms with Gasteiger partial charge in [-0.1, -0.05) is 13.0 Å². The molecule has 0 aliphatic carbocycles. The number of aromatic nitrogens is 3. The first-order valence-electron chi connectivity index (χ1n) is 11.4. The number of nitrogens with one attached hydrogen (secondary N) is 1. The summed E-state index contributed by atoms with van der Waals surface area (Å²) < 4.78 is 0. The molecule has 172 valence electrons. The van der Waals surface area contributed by atoms with E-state index in [0.29, 0.717) is 41.4 Å². The molecule has 0 unspecified atom stereocenters. The maximum Gasteiger partial charge on any atom is 0.227 e. The Kier molecular flexibility index (Phi) is 6.93. The van der Waals surface area contributed by atoms with E-state index in [1.54, 1.807) is 24.5 Å². The largest absolute Gasteiger partial charge is 0.360 e. The lowest BCUT2D eigenvalue weighted by Gasteiger charge is -2.26. The zero-order valence-corrected chi connectivity index (χ0v) is 19.3. The third-order valence-corrected chi connectivity index (χ3v) is 5.86. The summed E-state index contributed by atoms with van der Waals surface area (Å²) in [7, 11) is 0. The topological polar surface area (TPSA) is 112 Å². The van der Waals surface area contributed by atoms with Gasteiger partial charge < -0.3 is 10.2 Å². The van der Waals surface area contributed by atoms with Crippen molar-refractivity contribution >= 4 is 28.9 Å². The molecular weight excluding hydrogens is 428 g/mol. The molecule has 1 atom stereocenters. The predicted molar refractivity (Wildman–Crippen MR) is 130 cm³/mol. The Morgan fingerprint density at radius 3 is 2.76 bits per heavy atom. The van der Waals surface area contributed by atoms with E-state index in [2.05, 4.69) is 31.2 Å². The van der Waals surface area contributed by atoms with Crippen molar-refractivity contribution in [2.45, 2.75) is 45.6 Å². The van der Waals surface area contributed by atoms with E-state index in [1.807, 2.05) is 31.2 Å². The van der Waals surface area contributed by atoms with Crippen molar-refractivity contribution in [1.82, 2.24) is 15.0 Å². The Labute approximate surface area is 198 Å². The van der Waals surface area contributed by atoms with Crippen LogP contribution in [0.3, 0.4) is 0 Å². The number of carbonyl (C=O) groups excluding carboxylic acids is 2. The van der Waals surface area contributed by atoms with Crippen molar-refractivity contribution in [3.63, 3.8) is 0 Å².